The maximum Gasteiger partial charge on any atom is 0.226 e. The van der Waals surface area contributed by atoms with Gasteiger partial charge in [-0.3, -0.25) is 4.79 Å². The Labute approximate surface area is 141 Å². The van der Waals surface area contributed by atoms with Gasteiger partial charge in [0.1, 0.15) is 0 Å². The molecular formula is C21H33NO. The summed E-state index contributed by atoms with van der Waals surface area (Å²) in [7, 11) is 4.01. The lowest BCUT2D eigenvalue weighted by Crippen LogP contribution is -2.55. The summed E-state index contributed by atoms with van der Waals surface area (Å²) in [5, 5.41) is 0. The van der Waals surface area contributed by atoms with E-state index in [2.05, 4.69) is 0 Å². The maximum atomic E-state index is 13.3. The third-order valence-electron chi connectivity index (χ3n) is 8.67. The van der Waals surface area contributed by atoms with E-state index in [4.69, 9.17) is 0 Å². The second-order valence-corrected chi connectivity index (χ2v) is 10.3. The molecule has 6 rings (SSSR count). The Bertz CT molecular complexity index is 475. The second kappa shape index (κ2) is 4.99. The minimum atomic E-state index is 0.362. The Morgan fingerprint density at radius 1 is 0.870 bits per heavy atom. The third kappa shape index (κ3) is 2.15. The van der Waals surface area contributed by atoms with Gasteiger partial charge in [-0.25, -0.2) is 0 Å². The zero-order chi connectivity index (χ0) is 15.8. The molecule has 128 valence electrons. The van der Waals surface area contributed by atoms with E-state index in [1.807, 2.05) is 19.0 Å². The minimum absolute atomic E-state index is 0.362. The van der Waals surface area contributed by atoms with Gasteiger partial charge in [0.05, 0.1) is 0 Å². The molecule has 6 aliphatic carbocycles. The van der Waals surface area contributed by atoms with E-state index in [1.165, 1.54) is 64.2 Å². The molecule has 2 heteroatoms. The van der Waals surface area contributed by atoms with Gasteiger partial charge in [-0.15, -0.1) is 0 Å². The summed E-state index contributed by atoms with van der Waals surface area (Å²) in [6, 6.07) is 0. The maximum absolute atomic E-state index is 13.3. The molecule has 6 bridgehead atoms. The van der Waals surface area contributed by atoms with E-state index < -0.39 is 0 Å². The molecule has 4 atom stereocenters. The molecule has 0 aromatic rings. The topological polar surface area (TPSA) is 20.3 Å². The van der Waals surface area contributed by atoms with Crippen LogP contribution in [0.2, 0.25) is 0 Å². The first-order valence-electron chi connectivity index (χ1n) is 10.3. The molecule has 23 heavy (non-hydrogen) atoms. The molecule has 0 heterocycles. The molecule has 6 saturated carbocycles. The number of hydrogen-bond acceptors (Lipinski definition) is 1. The van der Waals surface area contributed by atoms with Crippen LogP contribution in [0.3, 0.4) is 0 Å². The highest BCUT2D eigenvalue weighted by molar-refractivity contribution is 5.79. The fraction of sp³-hybridized carbons (Fsp3) is 0.952. The predicted molar refractivity (Wildman–Crippen MR) is 91.7 cm³/mol. The van der Waals surface area contributed by atoms with Crippen molar-refractivity contribution in [3.05, 3.63) is 0 Å². The van der Waals surface area contributed by atoms with Gasteiger partial charge < -0.3 is 4.90 Å². The Kier molecular flexibility index (Phi) is 3.21. The summed E-state index contributed by atoms with van der Waals surface area (Å²) in [6.07, 6.45) is 14.3. The molecule has 0 N–H and O–H groups in total. The lowest BCUT2D eigenvalue weighted by atomic mass is 9.44. The SMILES string of the molecule is CN(C)C(=O)[C@H]([C@H]1C[C@H]2CC[C@H]1C2)C12CC3CC(CC(C3)C1)C2. The van der Waals surface area contributed by atoms with E-state index in [-0.39, 0.29) is 0 Å². The van der Waals surface area contributed by atoms with Crippen molar-refractivity contribution < 1.29 is 4.79 Å². The van der Waals surface area contributed by atoms with E-state index >= 15 is 0 Å². The Hall–Kier alpha value is -0.530. The van der Waals surface area contributed by atoms with Crippen LogP contribution in [-0.2, 0) is 4.79 Å². The largest absolute Gasteiger partial charge is 0.349 e. The Morgan fingerprint density at radius 3 is 1.91 bits per heavy atom. The molecule has 0 aromatic carbocycles. The quantitative estimate of drug-likeness (QED) is 0.758. The zero-order valence-electron chi connectivity index (χ0n) is 15.0. The molecule has 2 nitrogen and oxygen atoms in total. The van der Waals surface area contributed by atoms with Gasteiger partial charge in [0, 0.05) is 20.0 Å². The number of hydrogen-bond donors (Lipinski definition) is 0. The fourth-order valence-corrected chi connectivity index (χ4v) is 8.44. The molecule has 0 aromatic heterocycles. The van der Waals surface area contributed by atoms with Gasteiger partial charge in [-0.2, -0.15) is 0 Å². The summed E-state index contributed by atoms with van der Waals surface area (Å²) in [6.45, 7) is 0. The highest BCUT2D eigenvalue weighted by atomic mass is 16.2. The van der Waals surface area contributed by atoms with Gasteiger partial charge >= 0.3 is 0 Å². The molecule has 0 aliphatic heterocycles. The van der Waals surface area contributed by atoms with Crippen LogP contribution >= 0.6 is 0 Å². The molecule has 6 aliphatic rings. The van der Waals surface area contributed by atoms with E-state index in [1.54, 1.807) is 0 Å². The van der Waals surface area contributed by atoms with Gasteiger partial charge in [0.2, 0.25) is 5.91 Å². The van der Waals surface area contributed by atoms with Crippen LogP contribution < -0.4 is 0 Å². The van der Waals surface area contributed by atoms with Crippen LogP contribution in [-0.4, -0.2) is 24.9 Å². The van der Waals surface area contributed by atoms with Crippen molar-refractivity contribution in [2.24, 2.45) is 46.8 Å². The van der Waals surface area contributed by atoms with Crippen molar-refractivity contribution in [3.63, 3.8) is 0 Å². The summed E-state index contributed by atoms with van der Waals surface area (Å²) in [5.74, 6) is 6.27. The zero-order valence-corrected chi connectivity index (χ0v) is 15.0. The highest BCUT2D eigenvalue weighted by Gasteiger charge is 2.60. The molecule has 0 unspecified atom stereocenters. The number of nitrogens with zero attached hydrogens (tertiary/aromatic N) is 1. The average Bonchev–Trinajstić information content (AvgIpc) is 3.08. The van der Waals surface area contributed by atoms with Crippen molar-refractivity contribution >= 4 is 5.91 Å². The van der Waals surface area contributed by atoms with Gasteiger partial charge in [0.25, 0.3) is 0 Å². The summed E-state index contributed by atoms with van der Waals surface area (Å²) < 4.78 is 0. The molecule has 0 radical (unpaired) electrons. The van der Waals surface area contributed by atoms with Crippen LogP contribution in [0.15, 0.2) is 0 Å². The first-order valence-corrected chi connectivity index (χ1v) is 10.3. The highest BCUT2D eigenvalue weighted by Crippen LogP contribution is 2.66. The summed E-state index contributed by atoms with van der Waals surface area (Å²) >= 11 is 0. The summed E-state index contributed by atoms with van der Waals surface area (Å²) in [4.78, 5) is 15.3. The number of carbonyl (C=O) groups excluding carboxylic acids is 1. The van der Waals surface area contributed by atoms with Crippen LogP contribution in [0, 0.1) is 46.8 Å². The Morgan fingerprint density at radius 2 is 1.48 bits per heavy atom. The van der Waals surface area contributed by atoms with Gasteiger partial charge in [-0.05, 0) is 98.7 Å². The molecular weight excluding hydrogens is 282 g/mol. The van der Waals surface area contributed by atoms with Gasteiger partial charge in [0.15, 0.2) is 0 Å². The number of carbonyl (C=O) groups is 1. The van der Waals surface area contributed by atoms with Crippen molar-refractivity contribution in [3.8, 4) is 0 Å². The van der Waals surface area contributed by atoms with Crippen LogP contribution in [0.1, 0.15) is 64.2 Å². The van der Waals surface area contributed by atoms with E-state index in [9.17, 15) is 4.79 Å². The van der Waals surface area contributed by atoms with Crippen molar-refractivity contribution in [1.29, 1.82) is 0 Å². The number of amides is 1. The van der Waals surface area contributed by atoms with E-state index in [0.717, 1.165) is 35.5 Å². The lowest BCUT2D eigenvalue weighted by Gasteiger charge is -2.60. The first-order chi connectivity index (χ1) is 11.0. The normalized spacial score (nSPS) is 51.2. The standard InChI is InChI=1S/C21H33NO/c1-22(2)20(23)19(18-9-13-3-4-17(18)8-13)21-10-14-5-15(11-21)7-16(6-14)12-21/h13-19H,3-12H2,1-2H3/t13-,14?,15?,16?,17-,18-,19-,21?/m0/s1. The van der Waals surface area contributed by atoms with Crippen molar-refractivity contribution in [1.82, 2.24) is 4.90 Å². The summed E-state index contributed by atoms with van der Waals surface area (Å²) in [5.41, 5.74) is 0.394. The average molecular weight is 316 g/mol. The first kappa shape index (κ1) is 14.8. The minimum Gasteiger partial charge on any atom is -0.349 e. The fourth-order valence-electron chi connectivity index (χ4n) is 8.44. The van der Waals surface area contributed by atoms with Crippen LogP contribution in [0.25, 0.3) is 0 Å². The van der Waals surface area contributed by atoms with Gasteiger partial charge in [-0.1, -0.05) is 6.42 Å². The second-order valence-electron chi connectivity index (χ2n) is 10.3. The van der Waals surface area contributed by atoms with Crippen molar-refractivity contribution in [2.75, 3.05) is 14.1 Å². The molecule has 6 fully saturated rings. The predicted octanol–water partition coefficient (Wildman–Crippen LogP) is 4.34. The third-order valence-corrected chi connectivity index (χ3v) is 8.67. The molecule has 0 spiro atoms. The monoisotopic (exact) mass is 315 g/mol. The Balaban J connectivity index is 1.51. The van der Waals surface area contributed by atoms with Crippen LogP contribution in [0.4, 0.5) is 0 Å². The smallest absolute Gasteiger partial charge is 0.226 e. The molecule has 0 saturated heterocycles. The molecule has 1 amide bonds. The van der Waals surface area contributed by atoms with Crippen molar-refractivity contribution in [2.45, 2.75) is 64.2 Å². The number of rotatable bonds is 3. The van der Waals surface area contributed by atoms with Crippen LogP contribution in [0.5, 0.6) is 0 Å². The number of fused-ring (bicyclic) bond motifs is 2. The lowest BCUT2D eigenvalue weighted by molar-refractivity contribution is -0.157. The van der Waals surface area contributed by atoms with E-state index in [0.29, 0.717) is 17.2 Å².